The molecule has 0 unspecified atom stereocenters. The van der Waals surface area contributed by atoms with E-state index in [2.05, 4.69) is 15.4 Å². The van der Waals surface area contributed by atoms with E-state index >= 15 is 0 Å². The van der Waals surface area contributed by atoms with Gasteiger partial charge in [0.1, 0.15) is 0 Å². The second-order valence-electron chi connectivity index (χ2n) is 4.45. The summed E-state index contributed by atoms with van der Waals surface area (Å²) in [5, 5.41) is 6.82. The first-order valence-corrected chi connectivity index (χ1v) is 6.12. The molecule has 1 aromatic carbocycles. The molecule has 0 saturated carbocycles. The molecule has 1 amide bonds. The molecule has 0 aliphatic heterocycles. The highest BCUT2D eigenvalue weighted by Gasteiger charge is 2.03. The van der Waals surface area contributed by atoms with Crippen LogP contribution in [0.15, 0.2) is 42.6 Å². The molecule has 3 aromatic rings. The highest BCUT2D eigenvalue weighted by Crippen LogP contribution is 2.21. The molecule has 100 valence electrons. The zero-order valence-corrected chi connectivity index (χ0v) is 10.9. The van der Waals surface area contributed by atoms with Crippen LogP contribution in [0.3, 0.4) is 0 Å². The third kappa shape index (κ3) is 2.31. The van der Waals surface area contributed by atoms with Crippen LogP contribution in [-0.2, 0) is 4.79 Å². The number of aromatic nitrogens is 3. The van der Waals surface area contributed by atoms with Gasteiger partial charge in [-0.25, -0.2) is 4.52 Å². The van der Waals surface area contributed by atoms with Gasteiger partial charge in [-0.05, 0) is 29.8 Å². The van der Waals surface area contributed by atoms with Gasteiger partial charge in [-0.2, -0.15) is 4.98 Å². The summed E-state index contributed by atoms with van der Waals surface area (Å²) in [4.78, 5) is 15.1. The van der Waals surface area contributed by atoms with Gasteiger partial charge in [-0.1, -0.05) is 12.1 Å². The van der Waals surface area contributed by atoms with Crippen LogP contribution >= 0.6 is 0 Å². The average molecular weight is 267 g/mol. The fourth-order valence-electron chi connectivity index (χ4n) is 2.02. The largest absolute Gasteiger partial charge is 0.366 e. The Kier molecular flexibility index (Phi) is 2.83. The molecule has 0 fully saturated rings. The van der Waals surface area contributed by atoms with Crippen LogP contribution in [-0.4, -0.2) is 20.5 Å². The van der Waals surface area contributed by atoms with E-state index in [1.54, 1.807) is 4.52 Å². The van der Waals surface area contributed by atoms with E-state index in [1.807, 2.05) is 42.6 Å². The molecule has 0 atom stereocenters. The van der Waals surface area contributed by atoms with E-state index in [1.165, 1.54) is 6.92 Å². The molecule has 0 aliphatic carbocycles. The predicted molar refractivity (Wildman–Crippen MR) is 77.1 cm³/mol. The first-order chi connectivity index (χ1) is 9.61. The lowest BCUT2D eigenvalue weighted by molar-refractivity contribution is -0.114. The Bertz CT molecular complexity index is 776. The SMILES string of the molecule is CC(=O)Nc1ccc(-c2ccc3nc(N)nn3c2)cc1. The minimum atomic E-state index is -0.0859. The topological polar surface area (TPSA) is 85.3 Å². The van der Waals surface area contributed by atoms with Crippen molar-refractivity contribution in [3.8, 4) is 11.1 Å². The van der Waals surface area contributed by atoms with Gasteiger partial charge in [0, 0.05) is 24.4 Å². The molecule has 0 bridgehead atoms. The Balaban J connectivity index is 1.95. The predicted octanol–water partition coefficient (Wildman–Crippen LogP) is 1.94. The number of nitrogens with zero attached hydrogens (tertiary/aromatic N) is 3. The normalized spacial score (nSPS) is 10.7. The molecule has 0 aliphatic rings. The lowest BCUT2D eigenvalue weighted by Gasteiger charge is -2.05. The summed E-state index contributed by atoms with van der Waals surface area (Å²) >= 11 is 0. The number of nitrogens with two attached hydrogens (primary N) is 1. The van der Waals surface area contributed by atoms with Gasteiger partial charge < -0.3 is 11.1 Å². The first-order valence-electron chi connectivity index (χ1n) is 6.12. The molecule has 2 aromatic heterocycles. The maximum Gasteiger partial charge on any atom is 0.240 e. The molecule has 20 heavy (non-hydrogen) atoms. The van der Waals surface area contributed by atoms with E-state index in [4.69, 9.17) is 5.73 Å². The number of anilines is 2. The Morgan fingerprint density at radius 1 is 1.15 bits per heavy atom. The van der Waals surface area contributed by atoms with Crippen molar-refractivity contribution in [2.24, 2.45) is 0 Å². The van der Waals surface area contributed by atoms with Crippen molar-refractivity contribution in [3.05, 3.63) is 42.6 Å². The number of nitrogens with one attached hydrogen (secondary N) is 1. The second-order valence-corrected chi connectivity index (χ2v) is 4.45. The van der Waals surface area contributed by atoms with Crippen molar-refractivity contribution < 1.29 is 4.79 Å². The van der Waals surface area contributed by atoms with Crippen molar-refractivity contribution in [1.82, 2.24) is 14.6 Å². The molecule has 6 heteroatoms. The molecule has 3 N–H and O–H groups in total. The Morgan fingerprint density at radius 3 is 2.55 bits per heavy atom. The molecule has 6 nitrogen and oxygen atoms in total. The number of hydrogen-bond donors (Lipinski definition) is 2. The van der Waals surface area contributed by atoms with E-state index in [-0.39, 0.29) is 11.9 Å². The highest BCUT2D eigenvalue weighted by atomic mass is 16.1. The summed E-state index contributed by atoms with van der Waals surface area (Å²) in [5.74, 6) is 0.167. The molecule has 0 saturated heterocycles. The number of carbonyl (C=O) groups is 1. The molecular weight excluding hydrogens is 254 g/mol. The fourth-order valence-corrected chi connectivity index (χ4v) is 2.02. The van der Waals surface area contributed by atoms with Crippen molar-refractivity contribution in [1.29, 1.82) is 0 Å². The number of benzene rings is 1. The van der Waals surface area contributed by atoms with Crippen LogP contribution in [0.2, 0.25) is 0 Å². The highest BCUT2D eigenvalue weighted by molar-refractivity contribution is 5.89. The van der Waals surface area contributed by atoms with E-state index < -0.39 is 0 Å². The van der Waals surface area contributed by atoms with Crippen LogP contribution in [0.4, 0.5) is 11.6 Å². The quantitative estimate of drug-likeness (QED) is 0.743. The van der Waals surface area contributed by atoms with Crippen LogP contribution in [0, 0.1) is 0 Å². The summed E-state index contributed by atoms with van der Waals surface area (Å²) in [5.41, 5.74) is 9.06. The van der Waals surface area contributed by atoms with Gasteiger partial charge in [0.2, 0.25) is 11.9 Å². The lowest BCUT2D eigenvalue weighted by atomic mass is 10.1. The number of amides is 1. The van der Waals surface area contributed by atoms with Crippen molar-refractivity contribution in [2.45, 2.75) is 6.92 Å². The molecule has 2 heterocycles. The van der Waals surface area contributed by atoms with Crippen molar-refractivity contribution >= 4 is 23.2 Å². The lowest BCUT2D eigenvalue weighted by Crippen LogP contribution is -2.05. The minimum Gasteiger partial charge on any atom is -0.366 e. The number of carbonyl (C=O) groups excluding carboxylic acids is 1. The number of rotatable bonds is 2. The number of pyridine rings is 1. The van der Waals surface area contributed by atoms with Crippen LogP contribution < -0.4 is 11.1 Å². The van der Waals surface area contributed by atoms with Crippen LogP contribution in [0.1, 0.15) is 6.92 Å². The Labute approximate surface area is 115 Å². The van der Waals surface area contributed by atoms with Gasteiger partial charge >= 0.3 is 0 Å². The third-order valence-corrected chi connectivity index (χ3v) is 2.89. The summed E-state index contributed by atoms with van der Waals surface area (Å²) < 4.78 is 1.65. The number of fused-ring (bicyclic) bond motifs is 1. The average Bonchev–Trinajstić information content (AvgIpc) is 2.78. The molecular formula is C14H13N5O. The maximum atomic E-state index is 11.0. The smallest absolute Gasteiger partial charge is 0.240 e. The van der Waals surface area contributed by atoms with Gasteiger partial charge in [-0.15, -0.1) is 5.10 Å². The van der Waals surface area contributed by atoms with Gasteiger partial charge in [0.15, 0.2) is 5.65 Å². The summed E-state index contributed by atoms with van der Waals surface area (Å²) in [7, 11) is 0. The van der Waals surface area contributed by atoms with Gasteiger partial charge in [-0.3, -0.25) is 4.79 Å². The fraction of sp³-hybridized carbons (Fsp3) is 0.0714. The Morgan fingerprint density at radius 2 is 1.85 bits per heavy atom. The summed E-state index contributed by atoms with van der Waals surface area (Å²) in [6, 6.07) is 11.4. The van der Waals surface area contributed by atoms with E-state index in [0.717, 1.165) is 16.8 Å². The molecule has 3 rings (SSSR count). The van der Waals surface area contributed by atoms with Crippen LogP contribution in [0.5, 0.6) is 0 Å². The molecule has 0 spiro atoms. The maximum absolute atomic E-state index is 11.0. The van der Waals surface area contributed by atoms with E-state index in [9.17, 15) is 4.79 Å². The third-order valence-electron chi connectivity index (χ3n) is 2.89. The summed E-state index contributed by atoms with van der Waals surface area (Å²) in [6.07, 6.45) is 1.87. The number of nitrogen functional groups attached to an aromatic ring is 1. The second kappa shape index (κ2) is 4.65. The first kappa shape index (κ1) is 12.2. The van der Waals surface area contributed by atoms with Crippen LogP contribution in [0.25, 0.3) is 16.8 Å². The zero-order chi connectivity index (χ0) is 14.1. The van der Waals surface area contributed by atoms with Gasteiger partial charge in [0.25, 0.3) is 0 Å². The standard InChI is InChI=1S/C14H13N5O/c1-9(20)16-12-5-2-10(3-6-12)11-4-7-13-17-14(15)18-19(13)8-11/h2-8H,1H3,(H2,15,18)(H,16,20). The summed E-state index contributed by atoms with van der Waals surface area (Å²) in [6.45, 7) is 1.48. The molecule has 0 radical (unpaired) electrons. The monoisotopic (exact) mass is 267 g/mol. The minimum absolute atomic E-state index is 0.0859. The number of hydrogen-bond acceptors (Lipinski definition) is 4. The Hall–Kier alpha value is -2.89. The van der Waals surface area contributed by atoms with E-state index in [0.29, 0.717) is 5.65 Å². The zero-order valence-electron chi connectivity index (χ0n) is 10.9. The van der Waals surface area contributed by atoms with Crippen molar-refractivity contribution in [3.63, 3.8) is 0 Å². The van der Waals surface area contributed by atoms with Crippen molar-refractivity contribution in [2.75, 3.05) is 11.1 Å². The van der Waals surface area contributed by atoms with Gasteiger partial charge in [0.05, 0.1) is 0 Å².